The van der Waals surface area contributed by atoms with E-state index < -0.39 is 22.3 Å². The lowest BCUT2D eigenvalue weighted by Crippen LogP contribution is -2.31. The van der Waals surface area contributed by atoms with Crippen LogP contribution in [-0.4, -0.2) is 62.9 Å². The van der Waals surface area contributed by atoms with Crippen LogP contribution in [0.1, 0.15) is 0 Å². The van der Waals surface area contributed by atoms with E-state index in [9.17, 15) is 12.8 Å². The first-order valence-electron chi connectivity index (χ1n) is 7.54. The lowest BCUT2D eigenvalue weighted by atomic mass is 10.1. The normalized spacial score (nSPS) is 16.3. The topological polar surface area (TPSA) is 98.0 Å². The largest absolute Gasteiger partial charge is 0.472 e. The average molecular weight is 407 g/mol. The molecule has 0 bridgehead atoms. The Morgan fingerprint density at radius 1 is 1.38 bits per heavy atom. The summed E-state index contributed by atoms with van der Waals surface area (Å²) in [6.07, 6.45) is 6.43. The van der Waals surface area contributed by atoms with E-state index in [0.29, 0.717) is 6.61 Å². The molecule has 0 radical (unpaired) electrons. The van der Waals surface area contributed by atoms with Crippen molar-refractivity contribution in [3.05, 3.63) is 41.8 Å². The maximum absolute atomic E-state index is 14.7. The summed E-state index contributed by atoms with van der Waals surface area (Å²) < 4.78 is 42.5. The number of likely N-dealkylation sites (N-methyl/N-ethyl adjacent to an activating group) is 1. The first kappa shape index (κ1) is 20.6. The summed E-state index contributed by atoms with van der Waals surface area (Å²) in [6.45, 7) is 0.779. The number of pyridine rings is 1. The summed E-state index contributed by atoms with van der Waals surface area (Å²) >= 11 is 5.91. The third kappa shape index (κ3) is 5.92. The van der Waals surface area contributed by atoms with Crippen molar-refractivity contribution >= 4 is 21.6 Å². The van der Waals surface area contributed by atoms with E-state index in [1.165, 1.54) is 29.6 Å². The van der Waals surface area contributed by atoms with Crippen LogP contribution in [0.4, 0.5) is 4.39 Å². The van der Waals surface area contributed by atoms with Crippen LogP contribution in [0.5, 0.6) is 5.88 Å². The average Bonchev–Trinajstić information content (AvgIpc) is 2.54. The highest BCUT2D eigenvalue weighted by Crippen LogP contribution is 2.27. The molecule has 1 aromatic heterocycles. The van der Waals surface area contributed by atoms with E-state index in [1.807, 2.05) is 19.0 Å². The highest BCUT2D eigenvalue weighted by Gasteiger charge is 2.28. The number of hydrogen-bond donors (Lipinski definition) is 1. The molecule has 0 aliphatic carbocycles. The maximum atomic E-state index is 14.7. The fourth-order valence-electron chi connectivity index (χ4n) is 1.86. The number of rotatable bonds is 8. The van der Waals surface area contributed by atoms with Crippen molar-refractivity contribution in [2.45, 2.75) is 10.6 Å². The van der Waals surface area contributed by atoms with Gasteiger partial charge in [0.25, 0.3) is 0 Å². The Labute approximate surface area is 156 Å². The first-order valence-corrected chi connectivity index (χ1v) is 9.46. The van der Waals surface area contributed by atoms with E-state index >= 15 is 0 Å². The molecule has 0 atom stereocenters. The van der Waals surface area contributed by atoms with Gasteiger partial charge in [0.05, 0.1) is 12.8 Å². The van der Waals surface area contributed by atoms with E-state index in [0.717, 1.165) is 18.8 Å². The second-order valence-corrected chi connectivity index (χ2v) is 7.81. The van der Waals surface area contributed by atoms with Crippen LogP contribution < -0.4 is 9.88 Å². The van der Waals surface area contributed by atoms with Crippen LogP contribution in [0.3, 0.4) is 0 Å². The monoisotopic (exact) mass is 406 g/mol. The third-order valence-corrected chi connectivity index (χ3v) is 4.47. The van der Waals surface area contributed by atoms with Crippen molar-refractivity contribution < 1.29 is 22.4 Å². The fourth-order valence-corrected chi connectivity index (χ4v) is 2.63. The van der Waals surface area contributed by atoms with Gasteiger partial charge in [0.1, 0.15) is 16.5 Å². The van der Waals surface area contributed by atoms with E-state index in [4.69, 9.17) is 26.3 Å². The quantitative estimate of drug-likeness (QED) is 0.694. The second kappa shape index (κ2) is 8.31. The number of alkyl halides is 1. The van der Waals surface area contributed by atoms with E-state index in [-0.39, 0.29) is 15.8 Å². The van der Waals surface area contributed by atoms with Crippen LogP contribution in [0, 0.1) is 0 Å². The number of primary sulfonamides is 1. The zero-order chi connectivity index (χ0) is 19.4. The molecule has 8 nitrogen and oxygen atoms in total. The Bertz CT molecular complexity index is 787. The van der Waals surface area contributed by atoms with Crippen molar-refractivity contribution in [2.75, 3.05) is 33.9 Å². The molecule has 2 heterocycles. The summed E-state index contributed by atoms with van der Waals surface area (Å²) in [6, 6.07) is 1.09. The van der Waals surface area contributed by atoms with Crippen LogP contribution in [0.25, 0.3) is 0 Å². The van der Waals surface area contributed by atoms with Crippen molar-refractivity contribution in [2.24, 2.45) is 5.14 Å². The van der Waals surface area contributed by atoms with Crippen molar-refractivity contribution in [3.63, 3.8) is 0 Å². The van der Waals surface area contributed by atoms with Gasteiger partial charge in [0.15, 0.2) is 5.67 Å². The zero-order valence-corrected chi connectivity index (χ0v) is 15.9. The molecule has 2 N–H and O–H groups in total. The summed E-state index contributed by atoms with van der Waals surface area (Å²) in [5, 5.41) is 6.30. The van der Waals surface area contributed by atoms with Gasteiger partial charge in [-0.05, 0) is 32.3 Å². The highest BCUT2D eigenvalue weighted by molar-refractivity contribution is 7.89. The van der Waals surface area contributed by atoms with Crippen molar-refractivity contribution in [1.29, 1.82) is 0 Å². The summed E-state index contributed by atoms with van der Waals surface area (Å²) in [4.78, 5) is 10.9. The molecule has 0 saturated carbocycles. The molecule has 0 aromatic carbocycles. The van der Waals surface area contributed by atoms with Gasteiger partial charge in [-0.3, -0.25) is 4.84 Å². The minimum atomic E-state index is -3.93. The number of halogens is 2. The minimum Gasteiger partial charge on any atom is -0.472 e. The molecule has 0 saturated heterocycles. The molecule has 11 heteroatoms. The number of nitrogens with two attached hydrogens (primary N) is 1. The predicted molar refractivity (Wildman–Crippen MR) is 94.6 cm³/mol. The summed E-state index contributed by atoms with van der Waals surface area (Å²) in [5.41, 5.74) is -1.88. The molecule has 0 amide bonds. The Balaban J connectivity index is 1.93. The number of hydroxylamine groups is 2. The molecule has 0 fully saturated rings. The molecule has 26 heavy (non-hydrogen) atoms. The number of sulfonamides is 1. The smallest absolute Gasteiger partial charge is 0.239 e. The predicted octanol–water partition coefficient (Wildman–Crippen LogP) is 1.31. The van der Waals surface area contributed by atoms with E-state index in [2.05, 4.69) is 4.98 Å². The molecule has 1 aliphatic rings. The van der Waals surface area contributed by atoms with Gasteiger partial charge in [0.2, 0.25) is 15.9 Å². The van der Waals surface area contributed by atoms with Crippen LogP contribution in [0.15, 0.2) is 41.7 Å². The van der Waals surface area contributed by atoms with Gasteiger partial charge in [-0.25, -0.2) is 28.0 Å². The zero-order valence-electron chi connectivity index (χ0n) is 14.3. The van der Waals surface area contributed by atoms with Crippen molar-refractivity contribution in [3.8, 4) is 5.88 Å². The molecule has 1 aromatic rings. The van der Waals surface area contributed by atoms with Gasteiger partial charge >= 0.3 is 0 Å². The lowest BCUT2D eigenvalue weighted by Gasteiger charge is -2.25. The molecule has 0 unspecified atom stereocenters. The minimum absolute atomic E-state index is 0.0856. The van der Waals surface area contributed by atoms with Gasteiger partial charge in [-0.2, -0.15) is 0 Å². The van der Waals surface area contributed by atoms with Gasteiger partial charge in [0, 0.05) is 18.9 Å². The van der Waals surface area contributed by atoms with Gasteiger partial charge in [-0.1, -0.05) is 11.6 Å². The van der Waals surface area contributed by atoms with Crippen LogP contribution >= 0.6 is 11.6 Å². The highest BCUT2D eigenvalue weighted by atomic mass is 35.5. The molecular weight excluding hydrogens is 387 g/mol. The maximum Gasteiger partial charge on any atom is 0.239 e. The second-order valence-electron chi connectivity index (χ2n) is 5.85. The Kier molecular flexibility index (Phi) is 6.58. The molecule has 1 aliphatic heterocycles. The molecule has 2 rings (SSSR count). The molecule has 144 valence electrons. The molecular formula is C15H20ClFN4O4S. The van der Waals surface area contributed by atoms with Crippen LogP contribution in [0.2, 0.25) is 5.02 Å². The third-order valence-electron chi connectivity index (χ3n) is 3.32. The lowest BCUT2D eigenvalue weighted by molar-refractivity contribution is -0.0885. The molecule has 0 spiro atoms. The summed E-state index contributed by atoms with van der Waals surface area (Å²) in [7, 11) is -0.0894. The van der Waals surface area contributed by atoms with E-state index in [1.54, 1.807) is 0 Å². The Morgan fingerprint density at radius 2 is 2.04 bits per heavy atom. The Hall–Kier alpha value is -1.72. The van der Waals surface area contributed by atoms with Crippen molar-refractivity contribution in [1.82, 2.24) is 14.9 Å². The number of aromatic nitrogens is 1. The summed E-state index contributed by atoms with van der Waals surface area (Å²) in [5.74, 6) is -0.0949. The van der Waals surface area contributed by atoms with Gasteiger partial charge < -0.3 is 9.64 Å². The fraction of sp³-hybridized carbons (Fsp3) is 0.400. The standard InChI is InChI=1S/C15H20ClFN4O4S/c1-20(2)7-8-25-21-5-3-15(17,4-6-21)11-24-14-13(16)9-12(10-19-14)26(18,22)23/h3-6,9-10H,7-8,11H2,1-2H3,(H2,18,22,23). The SMILES string of the molecule is CN(C)CCON1C=CC(F)(COc2ncc(S(N)(=O)=O)cc2Cl)C=C1. The number of hydrogen-bond acceptors (Lipinski definition) is 7. The van der Waals surface area contributed by atoms with Crippen LogP contribution in [-0.2, 0) is 14.9 Å². The van der Waals surface area contributed by atoms with Gasteiger partial charge in [-0.15, -0.1) is 0 Å². The first-order chi connectivity index (χ1) is 12.1. The number of nitrogens with zero attached hydrogens (tertiary/aromatic N) is 3. The Morgan fingerprint density at radius 3 is 2.58 bits per heavy atom. The number of ether oxygens (including phenoxy) is 1.